The lowest BCUT2D eigenvalue weighted by Gasteiger charge is -2.31. The number of fused-ring (bicyclic) bond motifs is 1. The van der Waals surface area contributed by atoms with Crippen LogP contribution in [0.2, 0.25) is 0 Å². The molecule has 1 saturated heterocycles. The summed E-state index contributed by atoms with van der Waals surface area (Å²) in [7, 11) is 0. The molecule has 1 aliphatic heterocycles. The SMILES string of the molecule is Cc1ccccc1CN1CCC2CC2(C(=O)O)C1. The van der Waals surface area contributed by atoms with Crippen LogP contribution in [0, 0.1) is 18.3 Å². The second kappa shape index (κ2) is 4.09. The van der Waals surface area contributed by atoms with E-state index in [0.717, 1.165) is 32.5 Å². The van der Waals surface area contributed by atoms with Crippen molar-refractivity contribution in [2.45, 2.75) is 26.3 Å². The lowest BCUT2D eigenvalue weighted by Crippen LogP contribution is -2.40. The molecule has 0 radical (unpaired) electrons. The van der Waals surface area contributed by atoms with Gasteiger partial charge in [-0.15, -0.1) is 0 Å². The summed E-state index contributed by atoms with van der Waals surface area (Å²) in [4.78, 5) is 13.7. The van der Waals surface area contributed by atoms with Gasteiger partial charge < -0.3 is 5.11 Å². The van der Waals surface area contributed by atoms with Gasteiger partial charge in [-0.3, -0.25) is 9.69 Å². The molecule has 1 heterocycles. The molecular weight excluding hydrogens is 226 g/mol. The second-order valence-electron chi connectivity index (χ2n) is 5.79. The van der Waals surface area contributed by atoms with E-state index in [4.69, 9.17) is 0 Å². The zero-order valence-corrected chi connectivity index (χ0v) is 10.7. The Kier molecular flexibility index (Phi) is 2.67. The highest BCUT2D eigenvalue weighted by Crippen LogP contribution is 2.57. The molecule has 96 valence electrons. The highest BCUT2D eigenvalue weighted by molar-refractivity contribution is 5.79. The Labute approximate surface area is 107 Å². The van der Waals surface area contributed by atoms with E-state index in [1.54, 1.807) is 0 Å². The average Bonchev–Trinajstić information content (AvgIpc) is 3.07. The van der Waals surface area contributed by atoms with Gasteiger partial charge in [-0.2, -0.15) is 0 Å². The van der Waals surface area contributed by atoms with Crippen LogP contribution in [-0.4, -0.2) is 29.1 Å². The number of likely N-dealkylation sites (tertiary alicyclic amines) is 1. The minimum atomic E-state index is -0.595. The molecule has 0 aromatic heterocycles. The molecule has 3 nitrogen and oxygen atoms in total. The van der Waals surface area contributed by atoms with Crippen molar-refractivity contribution in [1.29, 1.82) is 0 Å². The molecule has 1 aliphatic carbocycles. The molecule has 1 aromatic rings. The maximum atomic E-state index is 11.4. The van der Waals surface area contributed by atoms with Gasteiger partial charge in [-0.25, -0.2) is 0 Å². The van der Waals surface area contributed by atoms with Gasteiger partial charge in [0.05, 0.1) is 5.41 Å². The molecule has 3 rings (SSSR count). The highest BCUT2D eigenvalue weighted by atomic mass is 16.4. The van der Waals surface area contributed by atoms with Crippen molar-refractivity contribution >= 4 is 5.97 Å². The van der Waals surface area contributed by atoms with Crippen molar-refractivity contribution in [2.75, 3.05) is 13.1 Å². The van der Waals surface area contributed by atoms with E-state index in [-0.39, 0.29) is 0 Å². The first-order valence-electron chi connectivity index (χ1n) is 6.62. The minimum Gasteiger partial charge on any atom is -0.481 e. The molecule has 1 N–H and O–H groups in total. The number of carboxylic acids is 1. The molecule has 2 aliphatic rings. The molecule has 3 heteroatoms. The van der Waals surface area contributed by atoms with Crippen LogP contribution < -0.4 is 0 Å². The first-order valence-corrected chi connectivity index (χ1v) is 6.62. The number of hydrogen-bond acceptors (Lipinski definition) is 2. The zero-order valence-electron chi connectivity index (χ0n) is 10.7. The van der Waals surface area contributed by atoms with Crippen LogP contribution in [0.5, 0.6) is 0 Å². The van der Waals surface area contributed by atoms with Crippen LogP contribution in [0.1, 0.15) is 24.0 Å². The van der Waals surface area contributed by atoms with Gasteiger partial charge in [-0.1, -0.05) is 24.3 Å². The molecular formula is C15H19NO2. The van der Waals surface area contributed by atoms with Gasteiger partial charge in [-0.05, 0) is 43.4 Å². The monoisotopic (exact) mass is 245 g/mol. The largest absolute Gasteiger partial charge is 0.481 e. The van der Waals surface area contributed by atoms with E-state index in [1.807, 2.05) is 6.07 Å². The Balaban J connectivity index is 1.71. The van der Waals surface area contributed by atoms with E-state index >= 15 is 0 Å². The summed E-state index contributed by atoms with van der Waals surface area (Å²) < 4.78 is 0. The number of benzene rings is 1. The Bertz CT molecular complexity index is 485. The number of carboxylic acid groups (broad SMARTS) is 1. The zero-order chi connectivity index (χ0) is 12.8. The molecule has 1 saturated carbocycles. The first-order chi connectivity index (χ1) is 8.62. The quantitative estimate of drug-likeness (QED) is 0.888. The fourth-order valence-electron chi connectivity index (χ4n) is 3.26. The van der Waals surface area contributed by atoms with Crippen LogP contribution in [0.15, 0.2) is 24.3 Å². The van der Waals surface area contributed by atoms with Gasteiger partial charge in [0.1, 0.15) is 0 Å². The Hall–Kier alpha value is -1.35. The van der Waals surface area contributed by atoms with Crippen molar-refractivity contribution in [3.8, 4) is 0 Å². The number of carbonyl (C=O) groups is 1. The lowest BCUT2D eigenvalue weighted by molar-refractivity contribution is -0.145. The van der Waals surface area contributed by atoms with Crippen LogP contribution in [0.25, 0.3) is 0 Å². The normalized spacial score (nSPS) is 30.8. The summed E-state index contributed by atoms with van der Waals surface area (Å²) in [5.74, 6) is -0.162. The maximum Gasteiger partial charge on any atom is 0.311 e. The average molecular weight is 245 g/mol. The van der Waals surface area contributed by atoms with Gasteiger partial charge in [0.25, 0.3) is 0 Å². The van der Waals surface area contributed by atoms with Crippen LogP contribution in [-0.2, 0) is 11.3 Å². The Morgan fingerprint density at radius 1 is 1.50 bits per heavy atom. The van der Waals surface area contributed by atoms with Gasteiger partial charge in [0.2, 0.25) is 0 Å². The van der Waals surface area contributed by atoms with E-state index in [1.165, 1.54) is 11.1 Å². The molecule has 2 fully saturated rings. The summed E-state index contributed by atoms with van der Waals surface area (Å²) in [6, 6.07) is 8.36. The van der Waals surface area contributed by atoms with Crippen molar-refractivity contribution in [1.82, 2.24) is 4.90 Å². The molecule has 2 unspecified atom stereocenters. The lowest BCUT2D eigenvalue weighted by atomic mass is 9.96. The topological polar surface area (TPSA) is 40.5 Å². The summed E-state index contributed by atoms with van der Waals surface area (Å²) in [5, 5.41) is 9.35. The number of aliphatic carboxylic acids is 1. The first kappa shape index (κ1) is 11.7. The third kappa shape index (κ3) is 1.83. The van der Waals surface area contributed by atoms with Crippen molar-refractivity contribution in [3.05, 3.63) is 35.4 Å². The fourth-order valence-corrected chi connectivity index (χ4v) is 3.26. The molecule has 0 spiro atoms. The van der Waals surface area contributed by atoms with Crippen molar-refractivity contribution in [2.24, 2.45) is 11.3 Å². The van der Waals surface area contributed by atoms with Gasteiger partial charge in [0, 0.05) is 13.1 Å². The highest BCUT2D eigenvalue weighted by Gasteiger charge is 2.62. The Morgan fingerprint density at radius 2 is 2.28 bits per heavy atom. The molecule has 0 amide bonds. The summed E-state index contributed by atoms with van der Waals surface area (Å²) in [6.45, 7) is 4.76. The standard InChI is InChI=1S/C15H19NO2/c1-11-4-2-3-5-12(11)9-16-7-6-13-8-15(13,10-16)14(17)18/h2-5,13H,6-10H2,1H3,(H,17,18). The third-order valence-electron chi connectivity index (χ3n) is 4.61. The molecule has 2 atom stereocenters. The van der Waals surface area contributed by atoms with Gasteiger partial charge >= 0.3 is 5.97 Å². The smallest absolute Gasteiger partial charge is 0.311 e. The number of hydrogen-bond donors (Lipinski definition) is 1. The number of piperidine rings is 1. The van der Waals surface area contributed by atoms with Crippen molar-refractivity contribution < 1.29 is 9.90 Å². The summed E-state index contributed by atoms with van der Waals surface area (Å²) in [5.41, 5.74) is 2.19. The number of aryl methyl sites for hydroxylation is 1. The van der Waals surface area contributed by atoms with Crippen LogP contribution in [0.3, 0.4) is 0 Å². The summed E-state index contributed by atoms with van der Waals surface area (Å²) in [6.07, 6.45) is 1.92. The van der Waals surface area contributed by atoms with E-state index in [2.05, 4.69) is 30.0 Å². The second-order valence-corrected chi connectivity index (χ2v) is 5.79. The Morgan fingerprint density at radius 3 is 3.00 bits per heavy atom. The van der Waals surface area contributed by atoms with Crippen LogP contribution in [0.4, 0.5) is 0 Å². The van der Waals surface area contributed by atoms with Gasteiger partial charge in [0.15, 0.2) is 0 Å². The number of nitrogens with zero attached hydrogens (tertiary/aromatic N) is 1. The fraction of sp³-hybridized carbons (Fsp3) is 0.533. The predicted octanol–water partition coefficient (Wildman–Crippen LogP) is 2.29. The molecule has 18 heavy (non-hydrogen) atoms. The van der Waals surface area contributed by atoms with Crippen molar-refractivity contribution in [3.63, 3.8) is 0 Å². The van der Waals surface area contributed by atoms with E-state index in [0.29, 0.717) is 5.92 Å². The number of rotatable bonds is 3. The minimum absolute atomic E-state index is 0.416. The maximum absolute atomic E-state index is 11.4. The molecule has 1 aromatic carbocycles. The van der Waals surface area contributed by atoms with E-state index < -0.39 is 11.4 Å². The van der Waals surface area contributed by atoms with Crippen LogP contribution >= 0.6 is 0 Å². The third-order valence-corrected chi connectivity index (χ3v) is 4.61. The van der Waals surface area contributed by atoms with E-state index in [9.17, 15) is 9.90 Å². The molecule has 0 bridgehead atoms. The predicted molar refractivity (Wildman–Crippen MR) is 69.2 cm³/mol. The summed E-state index contributed by atoms with van der Waals surface area (Å²) >= 11 is 0.